The largest absolute Gasteiger partial charge is 0.634 e. The van der Waals surface area contributed by atoms with Gasteiger partial charge in [-0.25, -0.2) is 50.0 Å². The molecule has 0 saturated carbocycles. The fraction of sp³-hybridized carbons (Fsp3) is 0.500. The van der Waals surface area contributed by atoms with E-state index in [4.69, 9.17) is 60.1 Å². The Morgan fingerprint density at radius 1 is 0.775 bits per heavy atom. The molecule has 0 amide bonds. The zero-order chi connectivity index (χ0) is 27.1. The van der Waals surface area contributed by atoms with Crippen molar-refractivity contribution in [2.45, 2.75) is 29.2 Å². The number of ether oxygens (including phenoxy) is 1. The normalized spacial score (nSPS) is 56.6. The predicted octanol–water partition coefficient (Wildman–Crippen LogP) is -1.02. The standard InChI is InChI=1S/C10HN5O21P4/c16-2-1-3-13-5(11-1)22-37(18)32-14(3)4(12-2)15(33-37)34-39(20)26-6(17)7-8(23-9(6,13)29-39)10(30-38(19,27-7)28-8)25-36-40(21,31-10)35-24-7/h17H. The first-order valence-corrected chi connectivity index (χ1v) is 16.1. The Balaban J connectivity index is 1.31. The number of rotatable bonds is 0. The SMILES string of the molecule is O=c1nc2n3c4c1nc1n4C45OC67OP8(=O)OC69OOP(=O)(OOC7(O8)C4(O)OP(=O)(ON2OP(=O)(O1)O3)O5)O9. The van der Waals surface area contributed by atoms with Gasteiger partial charge in [0.25, 0.3) is 5.95 Å². The van der Waals surface area contributed by atoms with Crippen molar-refractivity contribution in [1.29, 1.82) is 0 Å². The van der Waals surface area contributed by atoms with Crippen LogP contribution in [0.5, 0.6) is 6.01 Å². The predicted molar refractivity (Wildman–Crippen MR) is 97.1 cm³/mol. The van der Waals surface area contributed by atoms with Crippen LogP contribution in [0.25, 0.3) is 11.2 Å². The van der Waals surface area contributed by atoms with Crippen molar-refractivity contribution < 1.29 is 92.8 Å². The van der Waals surface area contributed by atoms with Gasteiger partial charge in [-0.2, -0.15) is 19.7 Å². The van der Waals surface area contributed by atoms with Crippen molar-refractivity contribution >= 4 is 48.4 Å². The van der Waals surface area contributed by atoms with E-state index in [1.807, 2.05) is 0 Å². The molecule has 30 heteroatoms. The number of aromatic nitrogens is 4. The Hall–Kier alpha value is -1.89. The molecule has 9 unspecified atom stereocenters. The summed E-state index contributed by atoms with van der Waals surface area (Å²) in [5.74, 6) is -17.6. The summed E-state index contributed by atoms with van der Waals surface area (Å²) in [6.45, 7) is 0. The average molecular weight is 651 g/mol. The van der Waals surface area contributed by atoms with Gasteiger partial charge in [-0.05, 0) is 0 Å². The van der Waals surface area contributed by atoms with Gasteiger partial charge in [-0.15, -0.1) is 23.3 Å². The van der Waals surface area contributed by atoms with Crippen LogP contribution >= 0.6 is 31.3 Å². The van der Waals surface area contributed by atoms with Crippen molar-refractivity contribution in [1.82, 2.24) is 19.3 Å². The van der Waals surface area contributed by atoms with Crippen molar-refractivity contribution in [3.63, 3.8) is 0 Å². The molecule has 9 aliphatic rings. The number of hydrogen-bond acceptors (Lipinski definition) is 24. The van der Waals surface area contributed by atoms with Crippen molar-refractivity contribution in [2.75, 3.05) is 5.23 Å². The van der Waals surface area contributed by atoms with Gasteiger partial charge in [-0.1, -0.05) is 5.23 Å². The van der Waals surface area contributed by atoms with Crippen LogP contribution < -0.4 is 19.9 Å². The van der Waals surface area contributed by atoms with E-state index < -0.39 is 89.2 Å². The summed E-state index contributed by atoms with van der Waals surface area (Å²) in [6, 6.07) is -0.948. The number of anilines is 1. The van der Waals surface area contributed by atoms with Crippen LogP contribution in [0.1, 0.15) is 0 Å². The number of fused-ring (bicyclic) bond motifs is 4. The summed E-state index contributed by atoms with van der Waals surface area (Å²) in [5.41, 5.74) is -2.37. The van der Waals surface area contributed by atoms with Crippen molar-refractivity contribution in [3.8, 4) is 6.01 Å². The second-order valence-electron chi connectivity index (χ2n) is 8.78. The Labute approximate surface area is 212 Å². The molecule has 212 valence electrons. The molecule has 3 spiro atoms. The van der Waals surface area contributed by atoms with Crippen LogP contribution in [-0.4, -0.2) is 47.7 Å². The maximum Gasteiger partial charge on any atom is 0.634 e. The fourth-order valence-corrected chi connectivity index (χ4v) is 10.8. The zero-order valence-corrected chi connectivity index (χ0v) is 21.2. The molecular weight excluding hydrogens is 650 g/mol. The molecule has 6 saturated heterocycles. The summed E-state index contributed by atoms with van der Waals surface area (Å²) < 4.78 is 122. The summed E-state index contributed by atoms with van der Waals surface area (Å²) in [4.78, 5) is 30.4. The van der Waals surface area contributed by atoms with Crippen LogP contribution in [-0.2, 0) is 84.4 Å². The second-order valence-corrected chi connectivity index (χ2v) is 14.4. The lowest BCUT2D eigenvalue weighted by Gasteiger charge is -2.40. The molecule has 11 rings (SSSR count). The number of phosphoric ester groups is 2. The molecule has 26 nitrogen and oxygen atoms in total. The van der Waals surface area contributed by atoms with Crippen LogP contribution in [0.4, 0.5) is 5.95 Å². The quantitative estimate of drug-likeness (QED) is 0.263. The van der Waals surface area contributed by atoms with Crippen LogP contribution in [0, 0.1) is 0 Å². The number of hydrogen-bond donors (Lipinski definition) is 1. The third-order valence-electron chi connectivity index (χ3n) is 6.68. The first kappa shape index (κ1) is 22.7. The molecule has 0 radical (unpaired) electrons. The van der Waals surface area contributed by atoms with Gasteiger partial charge in [0.2, 0.25) is 0 Å². The molecule has 40 heavy (non-hydrogen) atoms. The molecule has 2 aromatic rings. The van der Waals surface area contributed by atoms with Gasteiger partial charge in [0.15, 0.2) is 11.2 Å². The lowest BCUT2D eigenvalue weighted by Crippen LogP contribution is -2.72. The molecule has 0 aliphatic carbocycles. The minimum absolute atomic E-state index is 0.0263. The Kier molecular flexibility index (Phi) is 3.16. The summed E-state index contributed by atoms with van der Waals surface area (Å²) in [6.07, 6.45) is 0. The van der Waals surface area contributed by atoms with E-state index >= 15 is 0 Å². The van der Waals surface area contributed by atoms with Crippen LogP contribution in [0.3, 0.4) is 0 Å². The monoisotopic (exact) mass is 651 g/mol. The minimum Gasteiger partial charge on any atom is -0.358 e. The minimum atomic E-state index is -5.40. The van der Waals surface area contributed by atoms with Crippen LogP contribution in [0.15, 0.2) is 4.79 Å². The highest BCUT2D eigenvalue weighted by atomic mass is 31.2. The van der Waals surface area contributed by atoms with E-state index in [0.29, 0.717) is 9.30 Å². The first-order chi connectivity index (χ1) is 18.7. The highest BCUT2D eigenvalue weighted by Crippen LogP contribution is 2.90. The molecule has 13 bridgehead atoms. The second kappa shape index (κ2) is 5.58. The first-order valence-electron chi connectivity index (χ1n) is 10.2. The Morgan fingerprint density at radius 3 is 2.38 bits per heavy atom. The van der Waals surface area contributed by atoms with Gasteiger partial charge in [0.05, 0.1) is 0 Å². The average Bonchev–Trinajstić information content (AvgIpc) is 3.56. The van der Waals surface area contributed by atoms with E-state index in [1.54, 1.807) is 0 Å². The maximum atomic E-state index is 13.9. The third kappa shape index (κ3) is 1.92. The third-order valence-corrected chi connectivity index (χ3v) is 11.5. The highest BCUT2D eigenvalue weighted by molar-refractivity contribution is 7.50. The number of imidazole rings is 1. The van der Waals surface area contributed by atoms with Gasteiger partial charge in [-0.3, -0.25) is 14.2 Å². The van der Waals surface area contributed by atoms with Gasteiger partial charge >= 0.3 is 72.1 Å². The summed E-state index contributed by atoms with van der Waals surface area (Å²) in [5, 5.41) is 12.3. The van der Waals surface area contributed by atoms with Gasteiger partial charge in [0.1, 0.15) is 0 Å². The molecule has 1 N–H and O–H groups in total. The number of phosphoric acid groups is 4. The van der Waals surface area contributed by atoms with E-state index in [1.165, 1.54) is 0 Å². The zero-order valence-electron chi connectivity index (χ0n) is 17.6. The molecule has 9 aliphatic heterocycles. The summed E-state index contributed by atoms with van der Waals surface area (Å²) >= 11 is 0. The lowest BCUT2D eigenvalue weighted by atomic mass is 9.95. The topological polar surface area (TPSA) is 283 Å². The summed E-state index contributed by atoms with van der Waals surface area (Å²) in [7, 11) is -20.2. The van der Waals surface area contributed by atoms with Crippen molar-refractivity contribution in [2.24, 2.45) is 0 Å². The lowest BCUT2D eigenvalue weighted by molar-refractivity contribution is -0.534. The van der Waals surface area contributed by atoms with Gasteiger partial charge in [0, 0.05) is 0 Å². The van der Waals surface area contributed by atoms with E-state index in [9.17, 15) is 28.2 Å². The fourth-order valence-electron chi connectivity index (χ4n) is 5.38. The number of aliphatic hydroxyl groups is 1. The Morgan fingerprint density at radius 2 is 1.52 bits per heavy atom. The van der Waals surface area contributed by atoms with E-state index in [2.05, 4.69) is 19.3 Å². The maximum absolute atomic E-state index is 13.9. The van der Waals surface area contributed by atoms with Crippen molar-refractivity contribution in [3.05, 3.63) is 10.4 Å². The Bertz CT molecular complexity index is 1990. The molecular formula is C10HN5O21P4. The van der Waals surface area contributed by atoms with E-state index in [-0.39, 0.29) is 5.23 Å². The van der Waals surface area contributed by atoms with E-state index in [0.717, 1.165) is 0 Å². The molecule has 0 aromatic carbocycles. The number of nitrogens with zero attached hydrogens (tertiary/aromatic N) is 5. The smallest absolute Gasteiger partial charge is 0.358 e. The molecule has 9 atom stereocenters. The van der Waals surface area contributed by atoms with Crippen LogP contribution in [0.2, 0.25) is 0 Å². The molecule has 6 fully saturated rings. The molecule has 2 aromatic heterocycles. The molecule has 11 heterocycles. The van der Waals surface area contributed by atoms with Gasteiger partial charge < -0.3 is 9.63 Å². The highest BCUT2D eigenvalue weighted by Gasteiger charge is 3.07.